The molecule has 0 unspecified atom stereocenters. The maximum absolute atomic E-state index is 10.3. The fraction of sp³-hybridized carbons (Fsp3) is 0.333. The fourth-order valence-corrected chi connectivity index (χ4v) is 1.39. The third kappa shape index (κ3) is 3.28. The molecule has 2 aromatic rings. The lowest BCUT2D eigenvalue weighted by Crippen LogP contribution is -3.00. The zero-order valence-electron chi connectivity index (χ0n) is 8.90. The van der Waals surface area contributed by atoms with E-state index >= 15 is 0 Å². The first-order valence-electron chi connectivity index (χ1n) is 4.93. The van der Waals surface area contributed by atoms with E-state index in [9.17, 15) is 4.79 Å². The molecule has 2 aromatic heterocycles. The second-order valence-electron chi connectivity index (χ2n) is 3.30. The molecule has 2 rings (SSSR count). The molecule has 8 heteroatoms. The van der Waals surface area contributed by atoms with Crippen molar-refractivity contribution < 1.29 is 27.3 Å². The molecule has 0 atom stereocenters. The first-order valence-corrected chi connectivity index (χ1v) is 4.93. The van der Waals surface area contributed by atoms with Crippen molar-refractivity contribution in [2.24, 2.45) is 0 Å². The molecule has 0 saturated carbocycles. The summed E-state index contributed by atoms with van der Waals surface area (Å²) in [7, 11) is 0. The van der Waals surface area contributed by atoms with E-state index in [2.05, 4.69) is 25.3 Å². The first kappa shape index (κ1) is 13.2. The first-order chi connectivity index (χ1) is 7.77. The summed E-state index contributed by atoms with van der Waals surface area (Å²) >= 11 is 0. The van der Waals surface area contributed by atoms with Gasteiger partial charge in [-0.3, -0.25) is 4.79 Å². The van der Waals surface area contributed by atoms with Crippen LogP contribution in [-0.4, -0.2) is 32.6 Å². The number of hydrogen-bond acceptors (Lipinski definition) is 4. The molecular weight excluding hydrogens is 246 g/mol. The van der Waals surface area contributed by atoms with Crippen molar-refractivity contribution in [1.29, 1.82) is 0 Å². The minimum Gasteiger partial charge on any atom is -1.00 e. The van der Waals surface area contributed by atoms with E-state index in [1.54, 1.807) is 12.7 Å². The maximum atomic E-state index is 10.3. The lowest BCUT2D eigenvalue weighted by atomic mass is 10.3. The Morgan fingerprint density at radius 3 is 3.12 bits per heavy atom. The molecule has 0 amide bonds. The molecule has 0 radical (unpaired) electrons. The molecule has 0 aliphatic carbocycles. The summed E-state index contributed by atoms with van der Waals surface area (Å²) in [6, 6.07) is 0. The number of aromatic amines is 2. The molecule has 0 aromatic carbocycles. The number of nitrogens with zero attached hydrogens (tertiary/aromatic N) is 2. The number of H-pyrrole nitrogens is 2. The molecule has 0 aliphatic heterocycles. The number of aromatic nitrogens is 4. The van der Waals surface area contributed by atoms with Crippen molar-refractivity contribution in [3.63, 3.8) is 0 Å². The van der Waals surface area contributed by atoms with E-state index in [0.29, 0.717) is 18.6 Å². The van der Waals surface area contributed by atoms with Crippen molar-refractivity contribution in [3.05, 3.63) is 12.7 Å². The van der Waals surface area contributed by atoms with Crippen molar-refractivity contribution >= 4 is 23.0 Å². The number of aliphatic carboxylic acids is 1. The van der Waals surface area contributed by atoms with Crippen molar-refractivity contribution in [2.75, 3.05) is 11.9 Å². The van der Waals surface area contributed by atoms with Gasteiger partial charge in [-0.25, -0.2) is 9.97 Å². The van der Waals surface area contributed by atoms with Crippen LogP contribution in [0.15, 0.2) is 12.7 Å². The fourth-order valence-electron chi connectivity index (χ4n) is 1.39. The number of nitrogens with one attached hydrogen (secondary N) is 3. The van der Waals surface area contributed by atoms with Crippen LogP contribution in [0.2, 0.25) is 0 Å². The van der Waals surface area contributed by atoms with Crippen molar-refractivity contribution in [3.8, 4) is 0 Å². The Kier molecular flexibility index (Phi) is 4.65. The number of carbonyl (C=O) groups is 1. The Balaban J connectivity index is 0.00000144. The van der Waals surface area contributed by atoms with Gasteiger partial charge in [-0.15, -0.1) is 0 Å². The van der Waals surface area contributed by atoms with E-state index in [4.69, 9.17) is 5.11 Å². The molecule has 0 spiro atoms. The molecule has 17 heavy (non-hydrogen) atoms. The van der Waals surface area contributed by atoms with Crippen LogP contribution in [0.1, 0.15) is 12.8 Å². The highest BCUT2D eigenvalue weighted by atomic mass is 35.5. The number of carboxylic acids is 1. The highest BCUT2D eigenvalue weighted by Crippen LogP contribution is 2.11. The molecule has 0 fully saturated rings. The van der Waals surface area contributed by atoms with Gasteiger partial charge in [0.1, 0.15) is 0 Å². The number of anilines is 1. The van der Waals surface area contributed by atoms with Crippen LogP contribution in [-0.2, 0) is 4.79 Å². The van der Waals surface area contributed by atoms with E-state index in [0.717, 1.165) is 11.3 Å². The Labute approximate surface area is 103 Å². The Morgan fingerprint density at radius 2 is 2.35 bits per heavy atom. The van der Waals surface area contributed by atoms with Crippen LogP contribution in [0.5, 0.6) is 0 Å². The van der Waals surface area contributed by atoms with E-state index < -0.39 is 5.97 Å². The van der Waals surface area contributed by atoms with Gasteiger partial charge in [0.25, 0.3) is 5.65 Å². The second-order valence-corrected chi connectivity index (χ2v) is 3.30. The highest BCUT2D eigenvalue weighted by molar-refractivity contribution is 5.79. The predicted octanol–water partition coefficient (Wildman–Crippen LogP) is -2.95. The van der Waals surface area contributed by atoms with Crippen LogP contribution in [0.25, 0.3) is 11.2 Å². The van der Waals surface area contributed by atoms with Gasteiger partial charge in [-0.2, -0.15) is 0 Å². The van der Waals surface area contributed by atoms with Gasteiger partial charge < -0.3 is 27.8 Å². The summed E-state index contributed by atoms with van der Waals surface area (Å²) in [5.74, 6) is -0.0138. The maximum Gasteiger partial charge on any atom is 0.303 e. The highest BCUT2D eigenvalue weighted by Gasteiger charge is 2.10. The van der Waals surface area contributed by atoms with E-state index in [-0.39, 0.29) is 18.8 Å². The monoisotopic (exact) mass is 257 g/mol. The smallest absolute Gasteiger partial charge is 0.303 e. The van der Waals surface area contributed by atoms with Gasteiger partial charge in [0.15, 0.2) is 5.52 Å². The van der Waals surface area contributed by atoms with Gasteiger partial charge in [-0.05, 0) is 6.42 Å². The average Bonchev–Trinajstić information content (AvgIpc) is 2.72. The van der Waals surface area contributed by atoms with Gasteiger partial charge in [-0.1, -0.05) is 4.98 Å². The SMILES string of the molecule is O=C(O)CCCNc1[nH+]cnc2nc[nH]c12.[Cl-]. The zero-order chi connectivity index (χ0) is 11.4. The number of imidazole rings is 1. The van der Waals surface area contributed by atoms with Gasteiger partial charge in [0.05, 0.1) is 12.9 Å². The Bertz CT molecular complexity index is 501. The number of rotatable bonds is 5. The molecule has 7 nitrogen and oxygen atoms in total. The summed E-state index contributed by atoms with van der Waals surface area (Å²) in [4.78, 5) is 24.3. The molecule has 0 saturated heterocycles. The summed E-state index contributed by atoms with van der Waals surface area (Å²) in [6.07, 6.45) is 3.84. The minimum atomic E-state index is -0.785. The lowest BCUT2D eigenvalue weighted by molar-refractivity contribution is -0.364. The minimum absolute atomic E-state index is 0. The summed E-state index contributed by atoms with van der Waals surface area (Å²) in [5.41, 5.74) is 1.41. The van der Waals surface area contributed by atoms with Crippen LogP contribution in [0.4, 0.5) is 5.82 Å². The lowest BCUT2D eigenvalue weighted by Gasteiger charge is -1.99. The quantitative estimate of drug-likeness (QED) is 0.497. The third-order valence-corrected chi connectivity index (χ3v) is 2.13. The van der Waals surface area contributed by atoms with Crippen LogP contribution in [0, 0.1) is 0 Å². The molecule has 0 bridgehead atoms. The zero-order valence-corrected chi connectivity index (χ0v) is 9.66. The third-order valence-electron chi connectivity index (χ3n) is 2.13. The predicted molar refractivity (Wildman–Crippen MR) is 55.8 cm³/mol. The molecule has 2 heterocycles. The largest absolute Gasteiger partial charge is 1.00 e. The second kappa shape index (κ2) is 6.00. The van der Waals surface area contributed by atoms with E-state index in [1.807, 2.05) is 0 Å². The summed E-state index contributed by atoms with van der Waals surface area (Å²) in [6.45, 7) is 0.584. The number of halogens is 1. The van der Waals surface area contributed by atoms with E-state index in [1.165, 1.54) is 0 Å². The Hall–Kier alpha value is -1.89. The number of fused-ring (bicyclic) bond motifs is 1. The van der Waals surface area contributed by atoms with Gasteiger partial charge in [0, 0.05) is 6.42 Å². The topological polar surface area (TPSA) is 105 Å². The van der Waals surface area contributed by atoms with Crippen molar-refractivity contribution in [1.82, 2.24) is 15.0 Å². The summed E-state index contributed by atoms with van der Waals surface area (Å²) < 4.78 is 0. The Morgan fingerprint density at radius 1 is 1.53 bits per heavy atom. The van der Waals surface area contributed by atoms with Gasteiger partial charge >= 0.3 is 5.97 Å². The molecular formula is C9H12ClN5O2. The molecule has 92 valence electrons. The van der Waals surface area contributed by atoms with Gasteiger partial charge in [0.2, 0.25) is 12.1 Å². The number of hydrogen-bond donors (Lipinski definition) is 3. The normalized spacial score (nSPS) is 9.88. The van der Waals surface area contributed by atoms with Crippen LogP contribution >= 0.6 is 0 Å². The molecule has 0 aliphatic rings. The standard InChI is InChI=1S/C9H11N5O2.ClH/c15-6(16)2-1-3-10-8-7-9(12-4-11-7)14-5-13-8;/h4-5H,1-3H2,(H,15,16)(H2,10,11,12,13,14);1H. The molecule has 4 N–H and O–H groups in total. The van der Waals surface area contributed by atoms with Crippen molar-refractivity contribution in [2.45, 2.75) is 12.8 Å². The number of carboxylic acid groups (broad SMARTS) is 1. The average molecular weight is 258 g/mol. The van der Waals surface area contributed by atoms with Crippen LogP contribution < -0.4 is 22.7 Å². The summed E-state index contributed by atoms with van der Waals surface area (Å²) in [5, 5.41) is 11.6. The van der Waals surface area contributed by atoms with Crippen LogP contribution in [0.3, 0.4) is 0 Å².